The van der Waals surface area contributed by atoms with Gasteiger partial charge in [-0.2, -0.15) is 0 Å². The normalized spacial score (nSPS) is 15.0. The molecule has 0 spiro atoms. The van der Waals surface area contributed by atoms with E-state index < -0.39 is 0 Å². The molecule has 25 heavy (non-hydrogen) atoms. The Morgan fingerprint density at radius 1 is 1.32 bits per heavy atom. The van der Waals surface area contributed by atoms with Crippen LogP contribution < -0.4 is 0 Å². The Morgan fingerprint density at radius 2 is 2.04 bits per heavy atom. The highest BCUT2D eigenvalue weighted by atomic mass is 32.2. The first-order valence-electron chi connectivity index (χ1n) is 8.93. The van der Waals surface area contributed by atoms with Crippen molar-refractivity contribution in [1.82, 2.24) is 14.5 Å². The van der Waals surface area contributed by atoms with Crippen molar-refractivity contribution in [3.63, 3.8) is 0 Å². The van der Waals surface area contributed by atoms with E-state index in [2.05, 4.69) is 18.4 Å². The Hall–Kier alpha value is -1.69. The fourth-order valence-electron chi connectivity index (χ4n) is 3.42. The number of carbonyl (C=O) groups is 1. The van der Waals surface area contributed by atoms with Crippen molar-refractivity contribution in [3.8, 4) is 0 Å². The molecule has 1 amide bonds. The van der Waals surface area contributed by atoms with Crippen LogP contribution in [0.25, 0.3) is 0 Å². The molecule has 5 nitrogen and oxygen atoms in total. The van der Waals surface area contributed by atoms with Gasteiger partial charge >= 0.3 is 0 Å². The second kappa shape index (κ2) is 7.68. The van der Waals surface area contributed by atoms with E-state index in [9.17, 15) is 4.79 Å². The fraction of sp³-hybridized carbons (Fsp3) is 0.579. The van der Waals surface area contributed by atoms with Gasteiger partial charge in [0.05, 0.1) is 18.0 Å². The van der Waals surface area contributed by atoms with Crippen LogP contribution in [0, 0.1) is 20.8 Å². The summed E-state index contributed by atoms with van der Waals surface area (Å²) in [6.07, 6.45) is 5.01. The third-order valence-electron chi connectivity index (χ3n) is 4.98. The van der Waals surface area contributed by atoms with Gasteiger partial charge in [-0.3, -0.25) is 4.79 Å². The lowest BCUT2D eigenvalue weighted by molar-refractivity contribution is -0.127. The average molecular weight is 362 g/mol. The highest BCUT2D eigenvalue weighted by molar-refractivity contribution is 7.99. The molecule has 2 aromatic heterocycles. The summed E-state index contributed by atoms with van der Waals surface area (Å²) in [6, 6.07) is 4.39. The number of rotatable bonds is 6. The van der Waals surface area contributed by atoms with E-state index in [1.54, 1.807) is 16.7 Å². The Labute approximate surface area is 153 Å². The average Bonchev–Trinajstić information content (AvgIpc) is 3.28. The van der Waals surface area contributed by atoms with Crippen LogP contribution in [0.5, 0.6) is 0 Å². The van der Waals surface area contributed by atoms with Crippen molar-refractivity contribution in [2.24, 2.45) is 0 Å². The van der Waals surface area contributed by atoms with Gasteiger partial charge in [0.1, 0.15) is 11.5 Å². The monoisotopic (exact) mass is 361 g/mol. The molecule has 2 aromatic rings. The molecule has 0 radical (unpaired) electrons. The van der Waals surface area contributed by atoms with Crippen molar-refractivity contribution in [2.45, 2.75) is 64.2 Å². The van der Waals surface area contributed by atoms with Crippen molar-refractivity contribution in [2.75, 3.05) is 12.8 Å². The summed E-state index contributed by atoms with van der Waals surface area (Å²) in [6.45, 7) is 6.60. The van der Waals surface area contributed by atoms with E-state index in [1.807, 2.05) is 26.1 Å². The quantitative estimate of drug-likeness (QED) is 0.721. The summed E-state index contributed by atoms with van der Waals surface area (Å²) in [4.78, 5) is 18.9. The van der Waals surface area contributed by atoms with Gasteiger partial charge in [-0.15, -0.1) is 0 Å². The van der Waals surface area contributed by atoms with E-state index in [0.717, 1.165) is 22.4 Å². The van der Waals surface area contributed by atoms with Gasteiger partial charge in [0, 0.05) is 18.8 Å². The van der Waals surface area contributed by atoms with Crippen molar-refractivity contribution < 1.29 is 9.21 Å². The van der Waals surface area contributed by atoms with Crippen LogP contribution in [0.15, 0.2) is 21.7 Å². The zero-order valence-corrected chi connectivity index (χ0v) is 16.4. The molecular weight excluding hydrogens is 334 g/mol. The van der Waals surface area contributed by atoms with Gasteiger partial charge in [0.2, 0.25) is 5.91 Å². The molecule has 0 aromatic carbocycles. The number of thioether (sulfide) groups is 1. The topological polar surface area (TPSA) is 51.3 Å². The van der Waals surface area contributed by atoms with Crippen molar-refractivity contribution in [1.29, 1.82) is 0 Å². The molecule has 1 aliphatic carbocycles. The maximum atomic E-state index is 12.5. The molecule has 0 bridgehead atoms. The largest absolute Gasteiger partial charge is 0.464 e. The number of aromatic nitrogens is 2. The summed E-state index contributed by atoms with van der Waals surface area (Å²) in [5.41, 5.74) is 2.31. The molecule has 136 valence electrons. The first-order chi connectivity index (χ1) is 12.0. The highest BCUT2D eigenvalue weighted by Gasteiger charge is 2.24. The maximum absolute atomic E-state index is 12.5. The second-order valence-corrected chi connectivity index (χ2v) is 7.87. The lowest BCUT2D eigenvalue weighted by atomic mass is 10.2. The lowest BCUT2D eigenvalue weighted by Gasteiger charge is -2.18. The maximum Gasteiger partial charge on any atom is 0.233 e. The van der Waals surface area contributed by atoms with Crippen LogP contribution in [0.4, 0.5) is 0 Å². The number of hydrogen-bond acceptors (Lipinski definition) is 4. The van der Waals surface area contributed by atoms with Crippen LogP contribution in [-0.2, 0) is 11.3 Å². The lowest BCUT2D eigenvalue weighted by Crippen LogP contribution is -2.27. The smallest absolute Gasteiger partial charge is 0.233 e. The molecule has 0 atom stereocenters. The number of nitrogens with zero attached hydrogens (tertiary/aromatic N) is 3. The van der Waals surface area contributed by atoms with Gasteiger partial charge < -0.3 is 13.9 Å². The first kappa shape index (κ1) is 18.1. The summed E-state index contributed by atoms with van der Waals surface area (Å²) in [5, 5.41) is 0.984. The number of carbonyl (C=O) groups excluding carboxylic acids is 1. The van der Waals surface area contributed by atoms with Gasteiger partial charge in [-0.05, 0) is 45.7 Å². The van der Waals surface area contributed by atoms with E-state index in [1.165, 1.54) is 31.4 Å². The molecule has 0 N–H and O–H groups in total. The third kappa shape index (κ3) is 4.11. The summed E-state index contributed by atoms with van der Waals surface area (Å²) in [7, 11) is 1.82. The number of amides is 1. The third-order valence-corrected chi connectivity index (χ3v) is 5.92. The van der Waals surface area contributed by atoms with Gasteiger partial charge in [0.25, 0.3) is 0 Å². The molecule has 1 aliphatic rings. The molecule has 6 heteroatoms. The van der Waals surface area contributed by atoms with Gasteiger partial charge in [-0.25, -0.2) is 4.98 Å². The van der Waals surface area contributed by atoms with Crippen molar-refractivity contribution in [3.05, 3.63) is 35.0 Å². The Morgan fingerprint density at radius 3 is 2.68 bits per heavy atom. The zero-order chi connectivity index (χ0) is 18.0. The molecule has 0 unspecified atom stereocenters. The highest BCUT2D eigenvalue weighted by Crippen LogP contribution is 2.35. The Bertz CT molecular complexity index is 744. The van der Waals surface area contributed by atoms with E-state index in [0.29, 0.717) is 18.3 Å². The molecule has 3 rings (SSSR count). The summed E-state index contributed by atoms with van der Waals surface area (Å²) < 4.78 is 7.91. The number of furan rings is 1. The van der Waals surface area contributed by atoms with Crippen LogP contribution in [0.3, 0.4) is 0 Å². The minimum atomic E-state index is 0.0929. The van der Waals surface area contributed by atoms with E-state index in [4.69, 9.17) is 9.40 Å². The van der Waals surface area contributed by atoms with Crippen LogP contribution in [-0.4, -0.2) is 33.2 Å². The Kier molecular flexibility index (Phi) is 5.57. The molecule has 0 aliphatic heterocycles. The zero-order valence-electron chi connectivity index (χ0n) is 15.5. The predicted molar refractivity (Wildman–Crippen MR) is 99.8 cm³/mol. The number of hydrogen-bond donors (Lipinski definition) is 0. The molecular formula is C19H27N3O2S. The molecule has 1 saturated carbocycles. The van der Waals surface area contributed by atoms with Crippen molar-refractivity contribution >= 4 is 17.7 Å². The molecule has 0 saturated heterocycles. The standard InChI is InChI=1S/C19H27N3O2S/c1-13-9-10-17(24-13)11-21(4)18(23)12-25-19-20-14(2)15(3)22(19)16-7-5-6-8-16/h9-10,16H,5-8,11-12H2,1-4H3. The SMILES string of the molecule is Cc1ccc(CN(C)C(=O)CSc2nc(C)c(C)n2C2CCCC2)o1. The second-order valence-electron chi connectivity index (χ2n) is 6.92. The molecule has 1 fully saturated rings. The van der Waals surface area contributed by atoms with E-state index in [-0.39, 0.29) is 5.91 Å². The van der Waals surface area contributed by atoms with Gasteiger partial charge in [-0.1, -0.05) is 24.6 Å². The van der Waals surface area contributed by atoms with Crippen LogP contribution >= 0.6 is 11.8 Å². The predicted octanol–water partition coefficient (Wildman–Crippen LogP) is 4.27. The Balaban J connectivity index is 1.62. The molecule has 2 heterocycles. The van der Waals surface area contributed by atoms with Crippen LogP contribution in [0.2, 0.25) is 0 Å². The number of aryl methyl sites for hydroxylation is 2. The fourth-order valence-corrected chi connectivity index (χ4v) is 4.52. The van der Waals surface area contributed by atoms with Crippen LogP contribution in [0.1, 0.15) is 54.6 Å². The minimum absolute atomic E-state index is 0.0929. The minimum Gasteiger partial charge on any atom is -0.464 e. The number of imidazole rings is 1. The van der Waals surface area contributed by atoms with Gasteiger partial charge in [0.15, 0.2) is 5.16 Å². The summed E-state index contributed by atoms with van der Waals surface area (Å²) >= 11 is 1.55. The first-order valence-corrected chi connectivity index (χ1v) is 9.91. The van der Waals surface area contributed by atoms with E-state index >= 15 is 0 Å². The summed E-state index contributed by atoms with van der Waals surface area (Å²) in [5.74, 6) is 2.18.